The van der Waals surface area contributed by atoms with Gasteiger partial charge in [-0.15, -0.1) is 0 Å². The molecule has 0 saturated heterocycles. The first-order chi connectivity index (χ1) is 23.3. The van der Waals surface area contributed by atoms with Crippen LogP contribution in [0, 0.1) is 23.5 Å². The number of hydrogen-bond acceptors (Lipinski definition) is 7. The number of amides is 1. The molecule has 2 aromatic carbocycles. The fourth-order valence-corrected chi connectivity index (χ4v) is 6.92. The number of halogens is 5. The molecule has 1 saturated carbocycles. The highest BCUT2D eigenvalue weighted by Gasteiger charge is 2.37. The number of sulfonamides is 1. The van der Waals surface area contributed by atoms with Crippen molar-refractivity contribution in [2.75, 3.05) is 11.0 Å². The number of nitrogens with one attached hydrogen (secondary N) is 2. The van der Waals surface area contributed by atoms with Crippen LogP contribution in [-0.4, -0.2) is 65.5 Å². The highest BCUT2D eigenvalue weighted by atomic mass is 35.5. The van der Waals surface area contributed by atoms with Gasteiger partial charge >= 0.3 is 6.09 Å². The zero-order valence-corrected chi connectivity index (χ0v) is 29.0. The minimum atomic E-state index is -3.93. The summed E-state index contributed by atoms with van der Waals surface area (Å²) in [4.78, 5) is 16.6. The molecule has 11 nitrogen and oxygen atoms in total. The molecule has 1 aliphatic rings. The second-order valence-electron chi connectivity index (χ2n) is 12.2. The van der Waals surface area contributed by atoms with E-state index in [4.69, 9.17) is 11.6 Å². The molecule has 1 aliphatic carbocycles. The van der Waals surface area contributed by atoms with Gasteiger partial charge in [0.15, 0.2) is 15.7 Å². The second kappa shape index (κ2) is 13.7. The molecule has 0 bridgehead atoms. The fraction of sp³-hybridized carbons (Fsp3) is 0.344. The van der Waals surface area contributed by atoms with E-state index in [0.717, 1.165) is 23.1 Å². The van der Waals surface area contributed by atoms with Crippen molar-refractivity contribution in [3.63, 3.8) is 0 Å². The third-order valence-electron chi connectivity index (χ3n) is 7.98. The van der Waals surface area contributed by atoms with E-state index in [2.05, 4.69) is 32.0 Å². The normalized spacial score (nSPS) is 14.3. The van der Waals surface area contributed by atoms with Gasteiger partial charge in [0.1, 0.15) is 28.6 Å². The highest BCUT2D eigenvalue weighted by molar-refractivity contribution is 7.93. The average molecular weight is 756 g/mol. The van der Waals surface area contributed by atoms with Gasteiger partial charge < -0.3 is 10.4 Å². The van der Waals surface area contributed by atoms with Crippen LogP contribution in [-0.2, 0) is 32.8 Å². The number of benzene rings is 2. The first-order valence-electron chi connectivity index (χ1n) is 14.9. The molecule has 5 rings (SSSR count). The summed E-state index contributed by atoms with van der Waals surface area (Å²) < 4.78 is 108. The summed E-state index contributed by atoms with van der Waals surface area (Å²) in [5.41, 5.74) is 0.112. The van der Waals surface area contributed by atoms with Crippen LogP contribution in [0.25, 0.3) is 22.0 Å². The fourth-order valence-electron chi connectivity index (χ4n) is 5.10. The number of hydrogen-bond donors (Lipinski definition) is 3. The van der Waals surface area contributed by atoms with E-state index in [1.54, 1.807) is 0 Å². The van der Waals surface area contributed by atoms with Gasteiger partial charge in [-0.3, -0.25) is 9.40 Å². The summed E-state index contributed by atoms with van der Waals surface area (Å²) in [5, 5.41) is 15.5. The summed E-state index contributed by atoms with van der Waals surface area (Å²) >= 11 is 6.53. The second-order valence-corrected chi connectivity index (χ2v) is 17.2. The van der Waals surface area contributed by atoms with Crippen LogP contribution < -0.4 is 10.0 Å². The SMILES string of the molecule is CC(C)(C#Cc1ccc(-c2ccc(Cl)c3c(NS(=O)(=O)C4CC4)nn(CC(F)F)c23)c([C@H](Cc2cc(F)cc(F)c2)NC(=O)O)n1)S(C)(=O)=O. The lowest BCUT2D eigenvalue weighted by Crippen LogP contribution is -2.30. The predicted octanol–water partition coefficient (Wildman–Crippen LogP) is 5.93. The van der Waals surface area contributed by atoms with Gasteiger partial charge in [0.2, 0.25) is 10.0 Å². The molecule has 18 heteroatoms. The van der Waals surface area contributed by atoms with Crippen LogP contribution in [0.5, 0.6) is 0 Å². The number of anilines is 1. The zero-order valence-electron chi connectivity index (χ0n) is 26.6. The van der Waals surface area contributed by atoms with Crippen LogP contribution in [0.15, 0.2) is 42.5 Å². The summed E-state index contributed by atoms with van der Waals surface area (Å²) in [6, 6.07) is 6.88. The Morgan fingerprint density at radius 3 is 2.30 bits per heavy atom. The number of aromatic nitrogens is 3. The largest absolute Gasteiger partial charge is 0.465 e. The van der Waals surface area contributed by atoms with Crippen molar-refractivity contribution in [3.05, 3.63) is 76.1 Å². The molecule has 2 aromatic heterocycles. The van der Waals surface area contributed by atoms with Gasteiger partial charge in [-0.25, -0.2) is 44.2 Å². The molecule has 50 heavy (non-hydrogen) atoms. The van der Waals surface area contributed by atoms with Gasteiger partial charge in [-0.1, -0.05) is 23.6 Å². The minimum absolute atomic E-state index is 0.0197. The predicted molar refractivity (Wildman–Crippen MR) is 179 cm³/mol. The summed E-state index contributed by atoms with van der Waals surface area (Å²) in [6.07, 6.45) is -3.04. The highest BCUT2D eigenvalue weighted by Crippen LogP contribution is 2.41. The van der Waals surface area contributed by atoms with E-state index in [1.807, 2.05) is 0 Å². The van der Waals surface area contributed by atoms with Crippen molar-refractivity contribution in [3.8, 4) is 23.0 Å². The maximum Gasteiger partial charge on any atom is 0.405 e. The Morgan fingerprint density at radius 1 is 1.08 bits per heavy atom. The summed E-state index contributed by atoms with van der Waals surface area (Å²) in [5.74, 6) is 3.16. The van der Waals surface area contributed by atoms with Crippen LogP contribution in [0.4, 0.5) is 28.2 Å². The maximum absolute atomic E-state index is 14.2. The molecule has 266 valence electrons. The Balaban J connectivity index is 1.79. The van der Waals surface area contributed by atoms with Crippen LogP contribution in [0.3, 0.4) is 0 Å². The molecular weight excluding hydrogens is 726 g/mol. The Kier molecular flexibility index (Phi) is 10.1. The number of carbonyl (C=O) groups is 1. The van der Waals surface area contributed by atoms with Crippen molar-refractivity contribution in [1.82, 2.24) is 20.1 Å². The van der Waals surface area contributed by atoms with E-state index in [1.165, 1.54) is 38.1 Å². The monoisotopic (exact) mass is 755 g/mol. The Labute approximate surface area is 290 Å². The molecule has 0 unspecified atom stereocenters. The molecule has 1 amide bonds. The lowest BCUT2D eigenvalue weighted by Gasteiger charge is -2.21. The topological polar surface area (TPSA) is 160 Å². The maximum atomic E-state index is 14.2. The molecule has 1 atom stereocenters. The first kappa shape index (κ1) is 36.9. The number of nitrogens with zero attached hydrogens (tertiary/aromatic N) is 3. The van der Waals surface area contributed by atoms with Crippen molar-refractivity contribution >= 4 is 54.3 Å². The van der Waals surface area contributed by atoms with Gasteiger partial charge in [-0.2, -0.15) is 5.10 Å². The van der Waals surface area contributed by atoms with Crippen LogP contribution in [0.1, 0.15) is 49.7 Å². The van der Waals surface area contributed by atoms with E-state index < -0.39 is 66.6 Å². The van der Waals surface area contributed by atoms with Gasteiger partial charge in [0.05, 0.1) is 32.9 Å². The molecular formula is C32H30ClF4N5O6S2. The number of rotatable bonds is 11. The zero-order chi connectivity index (χ0) is 36.8. The molecule has 0 radical (unpaired) electrons. The number of sulfone groups is 1. The van der Waals surface area contributed by atoms with Crippen molar-refractivity contribution < 1.29 is 44.3 Å². The van der Waals surface area contributed by atoms with Crippen molar-refractivity contribution in [2.45, 2.75) is 62.1 Å². The standard InChI is InChI=1S/C32H30ClF4N5O6S2/c1-32(2,49(3,45)46)11-10-20-4-7-22(28(38-20)25(39-31(43)44)14-17-12-18(34)15-19(35)13-17)23-8-9-24(33)27-29(23)42(16-26(36)37)40-30(27)41-50(47,48)21-5-6-21/h4,7-9,12-13,15,21,25-26,39H,5-6,14,16H2,1-3H3,(H,40,41)(H,43,44)/t25-/m0/s1. The van der Waals surface area contributed by atoms with Gasteiger partial charge in [-0.05, 0) is 74.9 Å². The molecule has 1 fully saturated rings. The average Bonchev–Trinajstić information content (AvgIpc) is 3.79. The third-order valence-corrected chi connectivity index (χ3v) is 12.1. The third kappa shape index (κ3) is 8.14. The Morgan fingerprint density at radius 2 is 1.72 bits per heavy atom. The van der Waals surface area contributed by atoms with Crippen molar-refractivity contribution in [1.29, 1.82) is 0 Å². The molecule has 0 spiro atoms. The van der Waals surface area contributed by atoms with E-state index >= 15 is 0 Å². The molecule has 2 heterocycles. The number of alkyl halides is 2. The van der Waals surface area contributed by atoms with Crippen LogP contribution >= 0.6 is 11.6 Å². The van der Waals surface area contributed by atoms with E-state index in [9.17, 15) is 44.3 Å². The lowest BCUT2D eigenvalue weighted by atomic mass is 9.94. The smallest absolute Gasteiger partial charge is 0.405 e. The van der Waals surface area contributed by atoms with Gasteiger partial charge in [0, 0.05) is 23.4 Å². The lowest BCUT2D eigenvalue weighted by molar-refractivity contribution is 0.123. The minimum Gasteiger partial charge on any atom is -0.465 e. The molecule has 4 aromatic rings. The van der Waals surface area contributed by atoms with E-state index in [0.29, 0.717) is 18.9 Å². The number of carboxylic acid groups (broad SMARTS) is 1. The Hall–Kier alpha value is -4.40. The number of fused-ring (bicyclic) bond motifs is 1. The number of pyridine rings is 1. The molecule has 0 aliphatic heterocycles. The Bertz CT molecular complexity index is 2260. The van der Waals surface area contributed by atoms with Crippen molar-refractivity contribution in [2.24, 2.45) is 0 Å². The van der Waals surface area contributed by atoms with Crippen LogP contribution in [0.2, 0.25) is 5.02 Å². The summed E-state index contributed by atoms with van der Waals surface area (Å²) in [7, 11) is -7.60. The molecule has 3 N–H and O–H groups in total. The van der Waals surface area contributed by atoms with E-state index in [-0.39, 0.29) is 56.2 Å². The first-order valence-corrected chi connectivity index (χ1v) is 18.7. The van der Waals surface area contributed by atoms with Gasteiger partial charge in [0.25, 0.3) is 6.43 Å². The summed E-state index contributed by atoms with van der Waals surface area (Å²) in [6.45, 7) is 1.77. The quantitative estimate of drug-likeness (QED) is 0.126.